The number of aliphatic carboxylic acids is 1. The second-order valence-corrected chi connectivity index (χ2v) is 10.7. The number of ether oxygens (including phenoxy) is 3. The largest absolute Gasteiger partial charge is 0.492 e. The van der Waals surface area contributed by atoms with Crippen molar-refractivity contribution in [3.63, 3.8) is 0 Å². The number of carboxylic acid groups (broad SMARTS) is 1. The molecule has 0 spiro atoms. The minimum absolute atomic E-state index is 0.00497. The molecule has 0 unspecified atom stereocenters. The van der Waals surface area contributed by atoms with Crippen molar-refractivity contribution in [2.24, 2.45) is 11.7 Å². The van der Waals surface area contributed by atoms with Gasteiger partial charge in [-0.1, -0.05) is 6.92 Å². The first kappa shape index (κ1) is 27.3. The van der Waals surface area contributed by atoms with Crippen LogP contribution in [0.1, 0.15) is 42.6 Å². The van der Waals surface area contributed by atoms with Crippen molar-refractivity contribution in [3.05, 3.63) is 34.1 Å². The summed E-state index contributed by atoms with van der Waals surface area (Å²) in [6, 6.07) is 3.40. The lowest BCUT2D eigenvalue weighted by Gasteiger charge is -2.38. The van der Waals surface area contributed by atoms with E-state index >= 15 is 0 Å². The monoisotopic (exact) mass is 547 g/mol. The predicted molar refractivity (Wildman–Crippen MR) is 137 cm³/mol. The first-order chi connectivity index (χ1) is 18.5. The number of methoxy groups -OCH3 is 1. The third-order valence-electron chi connectivity index (χ3n) is 7.56. The summed E-state index contributed by atoms with van der Waals surface area (Å²) in [5.74, 6) is -1.94. The number of benzene rings is 1. The van der Waals surface area contributed by atoms with Gasteiger partial charge in [-0.05, 0) is 37.3 Å². The molecule has 212 valence electrons. The van der Waals surface area contributed by atoms with E-state index in [9.17, 15) is 34.8 Å². The van der Waals surface area contributed by atoms with E-state index in [-0.39, 0.29) is 23.0 Å². The molecule has 0 amide bonds. The molecule has 3 heterocycles. The van der Waals surface area contributed by atoms with Gasteiger partial charge in [-0.3, -0.25) is 4.79 Å². The molecule has 2 aliphatic heterocycles. The highest BCUT2D eigenvalue weighted by Gasteiger charge is 2.49. The van der Waals surface area contributed by atoms with Gasteiger partial charge in [-0.15, -0.1) is 0 Å². The molecule has 5 rings (SSSR count). The van der Waals surface area contributed by atoms with E-state index in [1.165, 1.54) is 13.3 Å². The van der Waals surface area contributed by atoms with Gasteiger partial charge in [0.05, 0.1) is 23.7 Å². The number of carbonyl (C=O) groups is 2. The van der Waals surface area contributed by atoms with Crippen molar-refractivity contribution in [1.82, 2.24) is 4.57 Å². The van der Waals surface area contributed by atoms with E-state index in [1.54, 1.807) is 16.7 Å². The Morgan fingerprint density at radius 1 is 1.10 bits per heavy atom. The van der Waals surface area contributed by atoms with Crippen molar-refractivity contribution < 1.29 is 44.2 Å². The molecular weight excluding hydrogens is 514 g/mol. The maximum Gasteiger partial charge on any atom is 0.346 e. The van der Waals surface area contributed by atoms with E-state index in [0.717, 1.165) is 31.5 Å². The van der Waals surface area contributed by atoms with E-state index in [1.807, 2.05) is 0 Å². The van der Waals surface area contributed by atoms with Gasteiger partial charge in [-0.2, -0.15) is 0 Å². The summed E-state index contributed by atoms with van der Waals surface area (Å²) >= 11 is 0. The Morgan fingerprint density at radius 2 is 1.82 bits per heavy atom. The number of rotatable bonds is 6. The van der Waals surface area contributed by atoms with E-state index < -0.39 is 48.1 Å². The van der Waals surface area contributed by atoms with Gasteiger partial charge in [0.25, 0.3) is 0 Å². The van der Waals surface area contributed by atoms with Crippen LogP contribution in [0.4, 0.5) is 5.69 Å². The number of anilines is 1. The molecule has 3 fully saturated rings. The first-order valence-corrected chi connectivity index (χ1v) is 12.9. The third kappa shape index (κ3) is 4.96. The highest BCUT2D eigenvalue weighted by molar-refractivity contribution is 5.97. The Balaban J connectivity index is 1.54. The molecule has 3 aliphatic rings. The van der Waals surface area contributed by atoms with Crippen molar-refractivity contribution in [2.45, 2.75) is 69.0 Å². The highest BCUT2D eigenvalue weighted by Crippen LogP contribution is 2.43. The van der Waals surface area contributed by atoms with Crippen molar-refractivity contribution >= 4 is 28.5 Å². The number of hydrogen-bond donors (Lipinski definition) is 5. The van der Waals surface area contributed by atoms with Crippen LogP contribution in [0.3, 0.4) is 0 Å². The summed E-state index contributed by atoms with van der Waals surface area (Å²) in [6.45, 7) is 3.53. The minimum atomic E-state index is -1.95. The Hall–Kier alpha value is -3.23. The Morgan fingerprint density at radius 3 is 2.44 bits per heavy atom. The number of carbonyl (C=O) groups excluding carboxylic acids is 1. The first-order valence-electron chi connectivity index (χ1n) is 12.9. The number of hydrogen-bond acceptors (Lipinski definition) is 11. The topological polar surface area (TPSA) is 194 Å². The lowest BCUT2D eigenvalue weighted by Crippen LogP contribution is -2.60. The SMILES string of the molecule is COc1c(N2C[C@@H](C)C[C@H](N)C2)ccc2c(=O)c(C(=O)O[C@@H]3O[C@H](C(=O)O)[C@@H](O)[C@H](O)[C@H]3O)cn(C3CC3)c12. The van der Waals surface area contributed by atoms with Gasteiger partial charge in [0.1, 0.15) is 23.9 Å². The van der Waals surface area contributed by atoms with Crippen molar-refractivity contribution in [1.29, 1.82) is 0 Å². The normalized spacial score (nSPS) is 31.2. The average molecular weight is 548 g/mol. The Labute approximate surface area is 223 Å². The molecule has 6 N–H and O–H groups in total. The van der Waals surface area contributed by atoms with E-state index in [2.05, 4.69) is 11.8 Å². The van der Waals surface area contributed by atoms with Crippen LogP contribution >= 0.6 is 0 Å². The number of nitrogens with two attached hydrogens (primary N) is 1. The van der Waals surface area contributed by atoms with Crippen molar-refractivity contribution in [2.75, 3.05) is 25.1 Å². The lowest BCUT2D eigenvalue weighted by molar-refractivity contribution is -0.278. The smallest absolute Gasteiger partial charge is 0.346 e. The van der Waals surface area contributed by atoms with E-state index in [4.69, 9.17) is 19.9 Å². The van der Waals surface area contributed by atoms with Crippen LogP contribution in [-0.4, -0.2) is 93.9 Å². The minimum Gasteiger partial charge on any atom is -0.492 e. The fourth-order valence-electron chi connectivity index (χ4n) is 5.56. The van der Waals surface area contributed by atoms with Gasteiger partial charge >= 0.3 is 11.9 Å². The molecule has 13 heteroatoms. The van der Waals surface area contributed by atoms with Gasteiger partial charge in [0.2, 0.25) is 11.7 Å². The number of aliphatic hydroxyl groups excluding tert-OH is 3. The number of carboxylic acids is 1. The summed E-state index contributed by atoms with van der Waals surface area (Å²) in [6.07, 6.45) is -5.79. The zero-order chi connectivity index (χ0) is 28.2. The Kier molecular flexibility index (Phi) is 7.29. The van der Waals surface area contributed by atoms with Crippen LogP contribution in [0.25, 0.3) is 10.9 Å². The fourth-order valence-corrected chi connectivity index (χ4v) is 5.56. The van der Waals surface area contributed by atoms with Crippen LogP contribution in [0.2, 0.25) is 0 Å². The Bertz CT molecular complexity index is 1330. The third-order valence-corrected chi connectivity index (χ3v) is 7.56. The molecule has 1 aromatic heterocycles. The zero-order valence-electron chi connectivity index (χ0n) is 21.6. The number of piperidine rings is 1. The van der Waals surface area contributed by atoms with Gasteiger partial charge in [0, 0.05) is 31.4 Å². The standard InChI is InChI=1S/C26H33N3O10/c1-11-7-12(27)9-28(8-11)16-6-5-14-17(22(16)37-2)29(13-3-4-13)10-15(18(14)30)25(36)39-26-21(33)19(31)20(32)23(38-26)24(34)35/h5-6,10-13,19-21,23,26,31-33H,3-4,7-9,27H2,1-2H3,(H,34,35)/t11-,12-,19-,20-,21+,23-,26-/m0/s1. The van der Waals surface area contributed by atoms with Gasteiger partial charge in [0.15, 0.2) is 11.9 Å². The van der Waals surface area contributed by atoms with Crippen LogP contribution in [-0.2, 0) is 14.3 Å². The fraction of sp³-hybridized carbons (Fsp3) is 0.577. The number of aliphatic hydroxyl groups is 3. The van der Waals surface area contributed by atoms with Crippen LogP contribution in [0.15, 0.2) is 23.1 Å². The summed E-state index contributed by atoms with van der Waals surface area (Å²) in [5.41, 5.74) is 6.58. The number of nitrogens with zero attached hydrogens (tertiary/aromatic N) is 2. The summed E-state index contributed by atoms with van der Waals surface area (Å²) in [4.78, 5) is 40.2. The molecular formula is C26H33N3O10. The molecule has 2 aromatic rings. The summed E-state index contributed by atoms with van der Waals surface area (Å²) in [5, 5.41) is 39.6. The van der Waals surface area contributed by atoms with Crippen molar-refractivity contribution in [3.8, 4) is 5.75 Å². The number of esters is 1. The van der Waals surface area contributed by atoms with Crippen LogP contribution in [0.5, 0.6) is 5.75 Å². The highest BCUT2D eigenvalue weighted by atomic mass is 16.7. The number of pyridine rings is 1. The number of aromatic nitrogens is 1. The maximum absolute atomic E-state index is 13.5. The average Bonchev–Trinajstić information content (AvgIpc) is 3.73. The maximum atomic E-state index is 13.5. The molecule has 2 saturated heterocycles. The summed E-state index contributed by atoms with van der Waals surface area (Å²) in [7, 11) is 1.52. The molecule has 1 aromatic carbocycles. The molecule has 39 heavy (non-hydrogen) atoms. The summed E-state index contributed by atoms with van der Waals surface area (Å²) < 4.78 is 17.8. The molecule has 7 atom stereocenters. The number of fused-ring (bicyclic) bond motifs is 1. The zero-order valence-corrected chi connectivity index (χ0v) is 21.6. The molecule has 1 saturated carbocycles. The second-order valence-electron chi connectivity index (χ2n) is 10.7. The second kappa shape index (κ2) is 10.4. The van der Waals surface area contributed by atoms with Gasteiger partial charge < -0.3 is 49.8 Å². The predicted octanol–water partition coefficient (Wildman–Crippen LogP) is -0.432. The lowest BCUT2D eigenvalue weighted by atomic mass is 9.95. The van der Waals surface area contributed by atoms with Crippen LogP contribution in [0, 0.1) is 5.92 Å². The molecule has 0 bridgehead atoms. The molecule has 0 radical (unpaired) electrons. The van der Waals surface area contributed by atoms with Gasteiger partial charge in [-0.25, -0.2) is 9.59 Å². The van der Waals surface area contributed by atoms with E-state index in [0.29, 0.717) is 23.7 Å². The molecule has 13 nitrogen and oxygen atoms in total. The van der Waals surface area contributed by atoms with Crippen LogP contribution < -0.4 is 20.8 Å². The quantitative estimate of drug-likeness (QED) is 0.293. The molecule has 1 aliphatic carbocycles.